The zero-order chi connectivity index (χ0) is 17.0. The molecule has 1 atom stereocenters. The molecule has 3 aromatic carbocycles. The van der Waals surface area contributed by atoms with E-state index in [0.29, 0.717) is 4.71 Å². The summed E-state index contributed by atoms with van der Waals surface area (Å²) < 4.78 is 0.451. The van der Waals surface area contributed by atoms with Crippen LogP contribution in [0, 0.1) is 0 Å². The van der Waals surface area contributed by atoms with E-state index in [4.69, 9.17) is 0 Å². The van der Waals surface area contributed by atoms with Crippen LogP contribution in [0.4, 0.5) is 0 Å². The number of hydrogen-bond acceptors (Lipinski definition) is 3. The minimum absolute atomic E-state index is 0. The van der Waals surface area contributed by atoms with Gasteiger partial charge in [0.1, 0.15) is 0 Å². The second-order valence-corrected chi connectivity index (χ2v) is 13.9. The molecule has 0 bridgehead atoms. The van der Waals surface area contributed by atoms with Gasteiger partial charge < -0.3 is 0 Å². The molecule has 26 heavy (non-hydrogen) atoms. The average Bonchev–Trinajstić information content (AvgIpc) is 3.21. The molecule has 139 valence electrons. The third-order valence-electron chi connectivity index (χ3n) is 4.51. The van der Waals surface area contributed by atoms with Crippen molar-refractivity contribution in [1.82, 2.24) is 5.32 Å². The van der Waals surface area contributed by atoms with Crippen molar-refractivity contribution >= 4 is 45.5 Å². The third kappa shape index (κ3) is 4.15. The quantitative estimate of drug-likeness (QED) is 0.363. The second kappa shape index (κ2) is 9.61. The summed E-state index contributed by atoms with van der Waals surface area (Å²) in [6.07, 6.45) is 0. The van der Waals surface area contributed by atoms with E-state index in [-0.39, 0.29) is 22.4 Å². The van der Waals surface area contributed by atoms with Gasteiger partial charge in [-0.05, 0) is 0 Å². The summed E-state index contributed by atoms with van der Waals surface area (Å²) in [7, 11) is 0. The van der Waals surface area contributed by atoms with Crippen molar-refractivity contribution < 1.29 is 22.4 Å². The van der Waals surface area contributed by atoms with E-state index in [1.807, 2.05) is 11.8 Å². The zero-order valence-corrected chi connectivity index (χ0v) is 19.1. The van der Waals surface area contributed by atoms with Crippen LogP contribution >= 0.6 is 29.6 Å². The Kier molecular flexibility index (Phi) is 7.48. The average molecular weight is 580 g/mol. The number of thioether (sulfide) groups is 1. The van der Waals surface area contributed by atoms with Gasteiger partial charge in [0.05, 0.1) is 0 Å². The summed E-state index contributed by atoms with van der Waals surface area (Å²) >= 11 is 4.19. The first kappa shape index (κ1) is 20.2. The minimum atomic E-state index is -2.16. The molecule has 1 fully saturated rings. The number of nitrogens with one attached hydrogen (secondary N) is 1. The van der Waals surface area contributed by atoms with E-state index in [9.17, 15) is 0 Å². The molecule has 1 heterocycles. The monoisotopic (exact) mass is 580 g/mol. The number of hydrogen-bond donors (Lipinski definition) is 1. The molecule has 0 saturated carbocycles. The zero-order valence-electron chi connectivity index (χ0n) is 14.3. The van der Waals surface area contributed by atoms with Crippen molar-refractivity contribution in [2.24, 2.45) is 0 Å². The Bertz CT molecular complexity index is 699. The summed E-state index contributed by atoms with van der Waals surface area (Å²) in [5.41, 5.74) is 0. The summed E-state index contributed by atoms with van der Waals surface area (Å²) in [5, 5.41) is 8.08. The van der Waals surface area contributed by atoms with Gasteiger partial charge in [-0.15, -0.1) is 0 Å². The van der Waals surface area contributed by atoms with Gasteiger partial charge in [-0.2, -0.15) is 0 Å². The van der Waals surface area contributed by atoms with Gasteiger partial charge in [-0.1, -0.05) is 0 Å². The first-order chi connectivity index (χ1) is 12.4. The fourth-order valence-corrected chi connectivity index (χ4v) is 14.1. The van der Waals surface area contributed by atoms with Crippen LogP contribution in [0.1, 0.15) is 0 Å². The van der Waals surface area contributed by atoms with Crippen LogP contribution < -0.4 is 21.2 Å². The molecule has 4 rings (SSSR count). The van der Waals surface area contributed by atoms with Crippen LogP contribution in [0.3, 0.4) is 0 Å². The summed E-state index contributed by atoms with van der Waals surface area (Å²) in [4.78, 5) is 0. The van der Waals surface area contributed by atoms with Crippen molar-refractivity contribution in [1.29, 1.82) is 0 Å². The summed E-state index contributed by atoms with van der Waals surface area (Å²) in [5.74, 6) is 1.19. The van der Waals surface area contributed by atoms with Crippen LogP contribution in [0.2, 0.25) is 0 Å². The Balaban J connectivity index is 0.00000196. The maximum atomic E-state index is 3.68. The standard InChI is InChI=1S/C21H22NPS2.Au/c1-4-10-18(11-5-1)23(19-12-6-2-7-13-19,20-14-8-3-9-15-20)25-21-22-16-17-24-21;/h1-15,21-23H,16-17H2;. The molecule has 1 unspecified atom stereocenters. The Hall–Kier alpha value is -0.510. The first-order valence-electron chi connectivity index (χ1n) is 8.59. The number of rotatable bonds is 5. The fourth-order valence-electron chi connectivity index (χ4n) is 3.36. The molecule has 0 aromatic heterocycles. The van der Waals surface area contributed by atoms with Crippen molar-refractivity contribution in [3.05, 3.63) is 91.0 Å². The van der Waals surface area contributed by atoms with Crippen molar-refractivity contribution in [3.8, 4) is 0 Å². The molecular weight excluding hydrogens is 558 g/mol. The third-order valence-corrected chi connectivity index (χ3v) is 14.7. The number of benzene rings is 3. The van der Waals surface area contributed by atoms with Crippen molar-refractivity contribution in [2.75, 3.05) is 12.3 Å². The first-order valence-corrected chi connectivity index (χ1v) is 13.2. The maximum absolute atomic E-state index is 3.68. The van der Waals surface area contributed by atoms with Crippen molar-refractivity contribution in [2.45, 2.75) is 4.71 Å². The van der Waals surface area contributed by atoms with Gasteiger partial charge in [0.15, 0.2) is 0 Å². The molecule has 1 nitrogen and oxygen atoms in total. The van der Waals surface area contributed by atoms with Gasteiger partial charge in [-0.3, -0.25) is 0 Å². The SMILES string of the molecule is [Au].c1ccc([PH](SC2NCCS2)(c2ccccc2)c2ccccc2)cc1. The summed E-state index contributed by atoms with van der Waals surface area (Å²) in [6, 6.07) is 33.3. The van der Waals surface area contributed by atoms with Crippen LogP contribution in [0.5, 0.6) is 0 Å². The molecule has 5 heteroatoms. The van der Waals surface area contributed by atoms with Gasteiger partial charge in [0, 0.05) is 22.4 Å². The predicted octanol–water partition coefficient (Wildman–Crippen LogP) is 3.98. The van der Waals surface area contributed by atoms with Gasteiger partial charge in [0.2, 0.25) is 0 Å². The predicted molar refractivity (Wildman–Crippen MR) is 118 cm³/mol. The molecule has 1 aliphatic rings. The molecule has 1 N–H and O–H groups in total. The Morgan fingerprint density at radius 1 is 0.731 bits per heavy atom. The second-order valence-electron chi connectivity index (χ2n) is 6.05. The normalized spacial score (nSPS) is 17.5. The van der Waals surface area contributed by atoms with E-state index in [0.717, 1.165) is 6.54 Å². The van der Waals surface area contributed by atoms with Gasteiger partial charge >= 0.3 is 159 Å². The molecule has 0 aliphatic carbocycles. The fraction of sp³-hybridized carbons (Fsp3) is 0.143. The van der Waals surface area contributed by atoms with Crippen LogP contribution in [0.25, 0.3) is 0 Å². The Morgan fingerprint density at radius 2 is 1.15 bits per heavy atom. The summed E-state index contributed by atoms with van der Waals surface area (Å²) in [6.45, 7) is -1.05. The van der Waals surface area contributed by atoms with E-state index in [1.54, 1.807) is 0 Å². The molecule has 3 aromatic rings. The Labute approximate surface area is 180 Å². The van der Waals surface area contributed by atoms with Crippen molar-refractivity contribution in [3.63, 3.8) is 0 Å². The molecule has 1 aliphatic heterocycles. The van der Waals surface area contributed by atoms with Crippen LogP contribution in [0.15, 0.2) is 91.0 Å². The van der Waals surface area contributed by atoms with E-state index < -0.39 is 6.46 Å². The van der Waals surface area contributed by atoms with Crippen LogP contribution in [-0.4, -0.2) is 17.0 Å². The van der Waals surface area contributed by atoms with E-state index in [1.165, 1.54) is 21.7 Å². The molecule has 1 radical (unpaired) electrons. The molecular formula is C21H22AuNPS2. The topological polar surface area (TPSA) is 12.0 Å². The van der Waals surface area contributed by atoms with Gasteiger partial charge in [0.25, 0.3) is 0 Å². The molecule has 0 spiro atoms. The van der Waals surface area contributed by atoms with E-state index in [2.05, 4.69) is 108 Å². The Morgan fingerprint density at radius 3 is 1.50 bits per heavy atom. The van der Waals surface area contributed by atoms with Crippen LogP contribution in [-0.2, 0) is 22.4 Å². The van der Waals surface area contributed by atoms with Gasteiger partial charge in [-0.25, -0.2) is 0 Å². The van der Waals surface area contributed by atoms with E-state index >= 15 is 0 Å². The molecule has 0 amide bonds. The molecule has 1 saturated heterocycles.